The summed E-state index contributed by atoms with van der Waals surface area (Å²) in [5.74, 6) is -12.9. The summed E-state index contributed by atoms with van der Waals surface area (Å²) in [6, 6.07) is -3.19. The van der Waals surface area contributed by atoms with Crippen molar-refractivity contribution in [3.63, 3.8) is 0 Å². The van der Waals surface area contributed by atoms with Crippen molar-refractivity contribution in [2.75, 3.05) is 13.1 Å². The number of likely N-dealkylation sites (tertiary alicyclic amines) is 1. The molecule has 2 heterocycles. The van der Waals surface area contributed by atoms with Gasteiger partial charge in [-0.2, -0.15) is 13.2 Å². The second kappa shape index (κ2) is 10.2. The number of carbonyl (C=O) groups is 5. The minimum absolute atomic E-state index is 0.118. The highest BCUT2D eigenvalue weighted by Gasteiger charge is 2.70. The number of nitrogens with zero attached hydrogens (tertiary/aromatic N) is 1. The first-order chi connectivity index (χ1) is 17.7. The lowest BCUT2D eigenvalue weighted by atomic mass is 9.48. The molecule has 220 valence electrons. The third-order valence-corrected chi connectivity index (χ3v) is 8.26. The number of nitrogens with two attached hydrogens (primary N) is 2. The van der Waals surface area contributed by atoms with Crippen LogP contribution >= 0.6 is 0 Å². The number of amides is 5. The van der Waals surface area contributed by atoms with Gasteiger partial charge in [-0.15, -0.1) is 0 Å². The predicted molar refractivity (Wildman–Crippen MR) is 125 cm³/mol. The number of rotatable bonds is 7. The van der Waals surface area contributed by atoms with Gasteiger partial charge in [-0.1, -0.05) is 20.8 Å². The molecule has 6 atom stereocenters. The van der Waals surface area contributed by atoms with Gasteiger partial charge in [0, 0.05) is 37.3 Å². The minimum atomic E-state index is -5.27. The first-order valence-electron chi connectivity index (χ1n) is 12.6. The average molecular weight is 568 g/mol. The highest BCUT2D eigenvalue weighted by molar-refractivity contribution is 5.93. The van der Waals surface area contributed by atoms with Crippen molar-refractivity contribution in [2.45, 2.75) is 77.1 Å². The molecule has 6 N–H and O–H groups in total. The van der Waals surface area contributed by atoms with Gasteiger partial charge in [0.2, 0.25) is 23.6 Å². The maximum absolute atomic E-state index is 15.1. The van der Waals surface area contributed by atoms with E-state index in [4.69, 9.17) is 11.5 Å². The quantitative estimate of drug-likeness (QED) is 0.334. The first-order valence-corrected chi connectivity index (χ1v) is 12.6. The van der Waals surface area contributed by atoms with Crippen LogP contribution in [0.3, 0.4) is 0 Å². The summed E-state index contributed by atoms with van der Waals surface area (Å²) < 4.78 is 69.0. The molecule has 1 aliphatic carbocycles. The molecular weight excluding hydrogens is 533 g/mol. The molecule has 3 unspecified atom stereocenters. The Hall–Kier alpha value is -3.00. The molecule has 3 aliphatic rings. The number of hydrogen-bond acceptors (Lipinski definition) is 5. The molecule has 5 amide bonds. The van der Waals surface area contributed by atoms with Crippen LogP contribution in [0.1, 0.15) is 52.9 Å². The lowest BCUT2D eigenvalue weighted by Crippen LogP contribution is -2.69. The van der Waals surface area contributed by atoms with Gasteiger partial charge in [0.1, 0.15) is 12.1 Å². The van der Waals surface area contributed by atoms with E-state index in [1.807, 2.05) is 0 Å². The van der Waals surface area contributed by atoms with E-state index in [-0.39, 0.29) is 31.7 Å². The number of piperidine rings is 1. The highest BCUT2D eigenvalue weighted by Crippen LogP contribution is 2.66. The van der Waals surface area contributed by atoms with Gasteiger partial charge in [-0.25, -0.2) is 8.78 Å². The maximum atomic E-state index is 15.1. The second-order valence-corrected chi connectivity index (χ2v) is 12.0. The van der Waals surface area contributed by atoms with Crippen LogP contribution in [0.4, 0.5) is 22.0 Å². The molecule has 1 saturated carbocycles. The van der Waals surface area contributed by atoms with Crippen molar-refractivity contribution in [3.05, 3.63) is 0 Å². The molecule has 10 nitrogen and oxygen atoms in total. The Bertz CT molecular complexity index is 1050. The zero-order chi connectivity index (χ0) is 29.7. The molecule has 3 rings (SSSR count). The summed E-state index contributed by atoms with van der Waals surface area (Å²) in [6.45, 7) is 4.24. The standard InChI is InChI=1S/C24H34F5N5O5/c1-21(2,3)15(33-20(39)24(27,28)29)19(38)34-7-5-22(9-13(34)17(31)36)10-23(25,26)14(22)12(16(30)35)8-11-4-6-32-18(11)37/h11-15H,4-10H2,1-3H3,(H2,30,35)(H2,31,36)(H,32,37)(H,33,39)/t11-,12+,13?,14?,15-,22?/m1/s1. The van der Waals surface area contributed by atoms with E-state index >= 15 is 8.78 Å². The zero-order valence-corrected chi connectivity index (χ0v) is 21.9. The fourth-order valence-electron chi connectivity index (χ4n) is 6.40. The van der Waals surface area contributed by atoms with Crippen molar-refractivity contribution in [1.29, 1.82) is 0 Å². The Morgan fingerprint density at radius 3 is 2.21 bits per heavy atom. The molecule has 1 spiro atoms. The van der Waals surface area contributed by atoms with Gasteiger partial charge in [0.25, 0.3) is 5.92 Å². The predicted octanol–water partition coefficient (Wildman–Crippen LogP) is 0.825. The smallest absolute Gasteiger partial charge is 0.369 e. The van der Waals surface area contributed by atoms with E-state index in [0.29, 0.717) is 13.0 Å². The summed E-state index contributed by atoms with van der Waals surface area (Å²) >= 11 is 0. The number of nitrogens with one attached hydrogen (secondary N) is 2. The van der Waals surface area contributed by atoms with Crippen LogP contribution in [0, 0.1) is 28.6 Å². The molecule has 0 radical (unpaired) electrons. The van der Waals surface area contributed by atoms with E-state index in [9.17, 15) is 37.1 Å². The van der Waals surface area contributed by atoms with Crippen LogP contribution in [0.25, 0.3) is 0 Å². The van der Waals surface area contributed by atoms with E-state index in [1.54, 1.807) is 5.32 Å². The molecule has 39 heavy (non-hydrogen) atoms. The number of primary amides is 2. The maximum Gasteiger partial charge on any atom is 0.471 e. The van der Waals surface area contributed by atoms with Crippen molar-refractivity contribution >= 4 is 29.5 Å². The molecular formula is C24H34F5N5O5. The largest absolute Gasteiger partial charge is 0.471 e. The number of carbonyl (C=O) groups excluding carboxylic acids is 5. The topological polar surface area (TPSA) is 165 Å². The van der Waals surface area contributed by atoms with Gasteiger partial charge in [0.15, 0.2) is 0 Å². The van der Waals surface area contributed by atoms with Gasteiger partial charge in [0.05, 0.1) is 0 Å². The first kappa shape index (κ1) is 30.5. The second-order valence-electron chi connectivity index (χ2n) is 12.0. The normalized spacial score (nSPS) is 30.2. The van der Waals surface area contributed by atoms with Crippen molar-refractivity contribution < 1.29 is 45.9 Å². The van der Waals surface area contributed by atoms with E-state index in [2.05, 4.69) is 5.32 Å². The molecule has 0 aromatic rings. The summed E-state index contributed by atoms with van der Waals surface area (Å²) in [4.78, 5) is 62.9. The minimum Gasteiger partial charge on any atom is -0.369 e. The van der Waals surface area contributed by atoms with Crippen molar-refractivity contribution in [3.8, 4) is 0 Å². The highest BCUT2D eigenvalue weighted by atomic mass is 19.4. The van der Waals surface area contributed by atoms with Crippen LogP contribution in [0.2, 0.25) is 0 Å². The van der Waals surface area contributed by atoms with Gasteiger partial charge < -0.3 is 27.0 Å². The molecule has 3 fully saturated rings. The van der Waals surface area contributed by atoms with E-state index in [0.717, 1.165) is 4.90 Å². The third-order valence-electron chi connectivity index (χ3n) is 8.26. The molecule has 0 aromatic carbocycles. The summed E-state index contributed by atoms with van der Waals surface area (Å²) in [7, 11) is 0. The van der Waals surface area contributed by atoms with Crippen LogP contribution in [-0.4, -0.2) is 71.7 Å². The Morgan fingerprint density at radius 1 is 1.15 bits per heavy atom. The molecule has 2 aliphatic heterocycles. The van der Waals surface area contributed by atoms with E-state index < -0.39 is 82.8 Å². The molecule has 0 aromatic heterocycles. The van der Waals surface area contributed by atoms with Crippen molar-refractivity contribution in [2.24, 2.45) is 40.1 Å². The molecule has 15 heteroatoms. The number of hydrogen-bond donors (Lipinski definition) is 4. The van der Waals surface area contributed by atoms with Crippen LogP contribution in [0.5, 0.6) is 0 Å². The Balaban J connectivity index is 1.90. The zero-order valence-electron chi connectivity index (χ0n) is 21.9. The Labute approximate surface area is 221 Å². The van der Waals surface area contributed by atoms with Gasteiger partial charge in [-0.05, 0) is 36.5 Å². The summed E-state index contributed by atoms with van der Waals surface area (Å²) in [6.07, 6.45) is -6.35. The number of halogens is 5. The summed E-state index contributed by atoms with van der Waals surface area (Å²) in [5.41, 5.74) is 8.52. The van der Waals surface area contributed by atoms with Crippen molar-refractivity contribution in [1.82, 2.24) is 15.5 Å². The van der Waals surface area contributed by atoms with Crippen LogP contribution in [-0.2, 0) is 24.0 Å². The Morgan fingerprint density at radius 2 is 1.77 bits per heavy atom. The molecule has 2 saturated heterocycles. The SMILES string of the molecule is CC(C)(C)[C@H](NC(=O)C(F)(F)F)C(=O)N1CCC2(CC1C(N)=O)CC(F)(F)C2[C@H](C[C@H]1CCNC1=O)C(N)=O. The van der Waals surface area contributed by atoms with Crippen LogP contribution in [0.15, 0.2) is 0 Å². The summed E-state index contributed by atoms with van der Waals surface area (Å²) in [5, 5.41) is 4.26. The third kappa shape index (κ3) is 5.96. The monoisotopic (exact) mass is 567 g/mol. The molecule has 0 bridgehead atoms. The van der Waals surface area contributed by atoms with Crippen LogP contribution < -0.4 is 22.1 Å². The Kier molecular flexibility index (Phi) is 7.98. The number of alkyl halides is 5. The lowest BCUT2D eigenvalue weighted by Gasteiger charge is -2.61. The van der Waals surface area contributed by atoms with E-state index in [1.165, 1.54) is 20.8 Å². The fraction of sp³-hybridized carbons (Fsp3) is 0.792. The van der Waals surface area contributed by atoms with Gasteiger partial charge in [-0.3, -0.25) is 24.0 Å². The average Bonchev–Trinajstić information content (AvgIpc) is 3.18. The lowest BCUT2D eigenvalue weighted by molar-refractivity contribution is -0.260. The van der Waals surface area contributed by atoms with Gasteiger partial charge >= 0.3 is 12.1 Å². The fourth-order valence-corrected chi connectivity index (χ4v) is 6.40.